The highest BCUT2D eigenvalue weighted by Crippen LogP contribution is 2.43. The lowest BCUT2D eigenvalue weighted by atomic mass is 10.0. The van der Waals surface area contributed by atoms with Crippen molar-refractivity contribution in [1.29, 1.82) is 0 Å². The highest BCUT2D eigenvalue weighted by atomic mass is 79.9. The van der Waals surface area contributed by atoms with Crippen LogP contribution in [-0.4, -0.2) is 64.8 Å². The van der Waals surface area contributed by atoms with E-state index in [0.717, 1.165) is 26.0 Å². The molecule has 0 radical (unpaired) electrons. The number of carbonyl (C=O) groups excluding carboxylic acids is 2. The second-order valence-corrected chi connectivity index (χ2v) is 9.27. The highest BCUT2D eigenvalue weighted by molar-refractivity contribution is 9.10. The minimum Gasteiger partial charge on any atom is -0.488 e. The van der Waals surface area contributed by atoms with Crippen molar-refractivity contribution in [3.63, 3.8) is 0 Å². The number of esters is 2. The Kier molecular flexibility index (Phi) is 11.0. The number of fused-ring (bicyclic) bond motifs is 2. The predicted octanol–water partition coefficient (Wildman–Crippen LogP) is 5.45. The topological polar surface area (TPSA) is 89.5 Å². The molecule has 0 N–H and O–H groups in total. The van der Waals surface area contributed by atoms with Crippen LogP contribution in [0.5, 0.6) is 11.5 Å². The van der Waals surface area contributed by atoms with Gasteiger partial charge in [0.25, 0.3) is 0 Å². The minimum absolute atomic E-state index is 0.119. The summed E-state index contributed by atoms with van der Waals surface area (Å²) in [4.78, 5) is 23.8. The van der Waals surface area contributed by atoms with Gasteiger partial charge < -0.3 is 28.4 Å². The lowest BCUT2D eigenvalue weighted by Gasteiger charge is -2.22. The number of halogens is 1. The van der Waals surface area contributed by atoms with E-state index in [0.29, 0.717) is 11.5 Å². The van der Waals surface area contributed by atoms with Gasteiger partial charge in [0.15, 0.2) is 12.2 Å². The van der Waals surface area contributed by atoms with Crippen molar-refractivity contribution in [3.05, 3.63) is 46.9 Å². The molecule has 2 atom stereocenters. The van der Waals surface area contributed by atoms with Crippen LogP contribution in [0.4, 0.5) is 0 Å². The molecule has 0 aliphatic rings. The fourth-order valence-electron chi connectivity index (χ4n) is 3.88. The van der Waals surface area contributed by atoms with Crippen LogP contribution in [0.3, 0.4) is 0 Å². The van der Waals surface area contributed by atoms with Crippen molar-refractivity contribution in [2.24, 2.45) is 0 Å². The minimum atomic E-state index is -0.558. The quantitative estimate of drug-likeness (QED) is 0.185. The maximum Gasteiger partial charge on any atom is 0.305 e. The van der Waals surface area contributed by atoms with Gasteiger partial charge in [-0.25, -0.2) is 0 Å². The molecule has 0 aliphatic carbocycles. The molecular formula is C28H33BrO8. The van der Waals surface area contributed by atoms with Crippen LogP contribution in [0.1, 0.15) is 26.7 Å². The summed E-state index contributed by atoms with van der Waals surface area (Å²) < 4.78 is 34.9. The van der Waals surface area contributed by atoms with E-state index >= 15 is 0 Å². The van der Waals surface area contributed by atoms with E-state index in [1.165, 1.54) is 0 Å². The van der Waals surface area contributed by atoms with Gasteiger partial charge in [-0.1, -0.05) is 54.0 Å². The molecule has 37 heavy (non-hydrogen) atoms. The van der Waals surface area contributed by atoms with Gasteiger partial charge in [0, 0.05) is 53.1 Å². The Morgan fingerprint density at radius 1 is 0.703 bits per heavy atom. The Morgan fingerprint density at radius 2 is 1.16 bits per heavy atom. The molecule has 8 nitrogen and oxygen atoms in total. The Hall–Kier alpha value is -2.88. The summed E-state index contributed by atoms with van der Waals surface area (Å²) in [7, 11) is 3.10. The van der Waals surface area contributed by atoms with E-state index in [-0.39, 0.29) is 51.2 Å². The van der Waals surface area contributed by atoms with E-state index in [2.05, 4.69) is 15.9 Å². The number of methoxy groups -OCH3 is 2. The average molecular weight is 577 g/mol. The van der Waals surface area contributed by atoms with E-state index in [1.807, 2.05) is 42.5 Å². The van der Waals surface area contributed by atoms with Crippen LogP contribution >= 0.6 is 15.9 Å². The Labute approximate surface area is 225 Å². The largest absolute Gasteiger partial charge is 0.488 e. The van der Waals surface area contributed by atoms with Crippen molar-refractivity contribution >= 4 is 49.4 Å². The molecule has 2 unspecified atom stereocenters. The monoisotopic (exact) mass is 576 g/mol. The summed E-state index contributed by atoms with van der Waals surface area (Å²) >= 11 is 3.56. The molecule has 3 rings (SSSR count). The number of ether oxygens (including phenoxy) is 6. The third-order valence-electron chi connectivity index (χ3n) is 5.59. The van der Waals surface area contributed by atoms with Gasteiger partial charge in [0.1, 0.15) is 24.7 Å². The summed E-state index contributed by atoms with van der Waals surface area (Å²) in [6.45, 7) is 4.15. The van der Waals surface area contributed by atoms with Gasteiger partial charge in [-0.2, -0.15) is 0 Å². The van der Waals surface area contributed by atoms with Crippen LogP contribution in [-0.2, 0) is 28.5 Å². The predicted molar refractivity (Wildman–Crippen MR) is 144 cm³/mol. The summed E-state index contributed by atoms with van der Waals surface area (Å²) in [5, 5.41) is 3.30. The molecule has 3 aromatic carbocycles. The van der Waals surface area contributed by atoms with Gasteiger partial charge in [-0.05, 0) is 18.2 Å². The third kappa shape index (κ3) is 7.56. The van der Waals surface area contributed by atoms with Gasteiger partial charge >= 0.3 is 11.9 Å². The zero-order chi connectivity index (χ0) is 26.8. The lowest BCUT2D eigenvalue weighted by molar-refractivity contribution is -0.153. The molecule has 0 saturated carbocycles. The normalized spacial score (nSPS) is 12.8. The Morgan fingerprint density at radius 3 is 1.62 bits per heavy atom. The second-order valence-electron chi connectivity index (χ2n) is 8.36. The van der Waals surface area contributed by atoms with E-state index in [1.54, 1.807) is 28.1 Å². The van der Waals surface area contributed by atoms with Gasteiger partial charge in [0.05, 0.1) is 13.2 Å². The third-order valence-corrected chi connectivity index (χ3v) is 6.09. The first-order chi connectivity index (χ1) is 17.9. The first-order valence-electron chi connectivity index (χ1n) is 12.2. The Balaban J connectivity index is 2.02. The maximum atomic E-state index is 11.9. The van der Waals surface area contributed by atoms with Crippen LogP contribution in [0.2, 0.25) is 0 Å². The van der Waals surface area contributed by atoms with Crippen molar-refractivity contribution in [1.82, 2.24) is 0 Å². The van der Waals surface area contributed by atoms with Crippen LogP contribution in [0, 0.1) is 0 Å². The van der Waals surface area contributed by atoms with Crippen molar-refractivity contribution in [2.75, 3.05) is 40.6 Å². The average Bonchev–Trinajstić information content (AvgIpc) is 2.90. The zero-order valence-electron chi connectivity index (χ0n) is 21.6. The molecule has 0 bridgehead atoms. The Bertz CT molecular complexity index is 1210. The molecule has 0 saturated heterocycles. The molecule has 0 spiro atoms. The molecular weight excluding hydrogens is 544 g/mol. The lowest BCUT2D eigenvalue weighted by Crippen LogP contribution is -2.29. The van der Waals surface area contributed by atoms with Crippen LogP contribution in [0.15, 0.2) is 46.9 Å². The first kappa shape index (κ1) is 28.7. The van der Waals surface area contributed by atoms with Gasteiger partial charge in [-0.3, -0.25) is 9.59 Å². The standard InChI is InChI=1S/C28H33BrO8/c1-5-25(30)36-19(14-32-3)16-34-27-21-9-7-8-10-22(21)28(24-13-18(29)11-12-23(24)27)35-17-20(15-33-4)37-26(31)6-2/h7-13,19-20H,5-6,14-17H2,1-4H3. The molecule has 0 fully saturated rings. The van der Waals surface area contributed by atoms with Gasteiger partial charge in [-0.15, -0.1) is 0 Å². The fraction of sp³-hybridized carbons (Fsp3) is 0.429. The number of benzene rings is 3. The molecule has 0 heterocycles. The number of carbonyl (C=O) groups is 2. The SMILES string of the molecule is CCC(=O)OC(COC)COc1c2ccccc2c(OCC(COC)OC(=O)CC)c2cc(Br)ccc12. The number of rotatable bonds is 14. The molecule has 3 aromatic rings. The maximum absolute atomic E-state index is 11.9. The summed E-state index contributed by atoms with van der Waals surface area (Å²) in [5.74, 6) is 0.646. The summed E-state index contributed by atoms with van der Waals surface area (Å²) in [6, 6.07) is 13.6. The fourth-order valence-corrected chi connectivity index (χ4v) is 4.24. The van der Waals surface area contributed by atoms with Crippen molar-refractivity contribution in [2.45, 2.75) is 38.9 Å². The first-order valence-corrected chi connectivity index (χ1v) is 13.0. The van der Waals surface area contributed by atoms with Crippen molar-refractivity contribution < 1.29 is 38.0 Å². The van der Waals surface area contributed by atoms with E-state index < -0.39 is 12.2 Å². The smallest absolute Gasteiger partial charge is 0.305 e. The number of hydrogen-bond acceptors (Lipinski definition) is 8. The summed E-state index contributed by atoms with van der Waals surface area (Å²) in [5.41, 5.74) is 0. The van der Waals surface area contributed by atoms with Gasteiger partial charge in [0.2, 0.25) is 0 Å². The second kappa shape index (κ2) is 14.2. The van der Waals surface area contributed by atoms with Crippen LogP contribution < -0.4 is 9.47 Å². The molecule has 0 amide bonds. The molecule has 9 heteroatoms. The van der Waals surface area contributed by atoms with Crippen LogP contribution in [0.25, 0.3) is 21.5 Å². The van der Waals surface area contributed by atoms with Crippen molar-refractivity contribution in [3.8, 4) is 11.5 Å². The number of hydrogen-bond donors (Lipinski definition) is 0. The van der Waals surface area contributed by atoms with E-state index in [4.69, 9.17) is 28.4 Å². The molecule has 0 aliphatic heterocycles. The highest BCUT2D eigenvalue weighted by Gasteiger charge is 2.21. The summed E-state index contributed by atoms with van der Waals surface area (Å²) in [6.07, 6.45) is -0.579. The molecule has 0 aromatic heterocycles. The molecule has 200 valence electrons. The van der Waals surface area contributed by atoms with E-state index in [9.17, 15) is 9.59 Å². The zero-order valence-corrected chi connectivity index (χ0v) is 23.2.